The normalized spacial score (nSPS) is 12.3. The summed E-state index contributed by atoms with van der Waals surface area (Å²) in [5.74, 6) is 6.40. The topological polar surface area (TPSA) is 80.0 Å². The highest BCUT2D eigenvalue weighted by molar-refractivity contribution is 5.95. The van der Waals surface area contributed by atoms with Gasteiger partial charge in [-0.15, -0.1) is 0 Å². The van der Waals surface area contributed by atoms with E-state index in [9.17, 15) is 4.79 Å². The Hall–Kier alpha value is -1.62. The Balaban J connectivity index is 2.88. The van der Waals surface area contributed by atoms with Gasteiger partial charge in [-0.3, -0.25) is 4.79 Å². The number of carbonyl (C=O) groups excluding carboxylic acids is 1. The van der Waals surface area contributed by atoms with Crippen LogP contribution in [0.5, 0.6) is 0 Å². The van der Waals surface area contributed by atoms with Crippen molar-refractivity contribution in [2.45, 2.75) is 59.4 Å². The predicted molar refractivity (Wildman–Crippen MR) is 87.0 cm³/mol. The van der Waals surface area contributed by atoms with E-state index in [0.29, 0.717) is 17.3 Å². The highest BCUT2D eigenvalue weighted by Crippen LogP contribution is 2.15. The van der Waals surface area contributed by atoms with Crippen LogP contribution in [0, 0.1) is 5.92 Å². The van der Waals surface area contributed by atoms with Gasteiger partial charge in [0.2, 0.25) is 0 Å². The molecule has 1 amide bonds. The number of nitrogens with zero attached hydrogens (tertiary/aromatic N) is 1. The molecule has 1 unspecified atom stereocenters. The zero-order valence-corrected chi connectivity index (χ0v) is 13.6. The Morgan fingerprint density at radius 1 is 1.29 bits per heavy atom. The van der Waals surface area contributed by atoms with Gasteiger partial charge < -0.3 is 10.7 Å². The first-order valence-corrected chi connectivity index (χ1v) is 7.84. The quantitative estimate of drug-likeness (QED) is 0.508. The Morgan fingerprint density at radius 3 is 2.48 bits per heavy atom. The van der Waals surface area contributed by atoms with E-state index in [-0.39, 0.29) is 11.9 Å². The molecule has 0 radical (unpaired) electrons. The Kier molecular flexibility index (Phi) is 7.15. The summed E-state index contributed by atoms with van der Waals surface area (Å²) in [6, 6.07) is 3.69. The van der Waals surface area contributed by atoms with Crippen molar-refractivity contribution in [1.29, 1.82) is 0 Å². The smallest absolute Gasteiger partial charge is 0.251 e. The van der Waals surface area contributed by atoms with Crippen LogP contribution >= 0.6 is 0 Å². The summed E-state index contributed by atoms with van der Waals surface area (Å²) >= 11 is 0. The minimum atomic E-state index is -0.0642. The maximum atomic E-state index is 12.4. The molecule has 0 fully saturated rings. The van der Waals surface area contributed by atoms with Gasteiger partial charge in [0, 0.05) is 17.3 Å². The molecule has 0 saturated carbocycles. The Morgan fingerprint density at radius 2 is 1.95 bits per heavy atom. The number of nitrogen functional groups attached to an aromatic ring is 1. The van der Waals surface area contributed by atoms with E-state index in [2.05, 4.69) is 43.4 Å². The molecular weight excluding hydrogens is 264 g/mol. The molecule has 5 nitrogen and oxygen atoms in total. The molecule has 0 bridgehead atoms. The molecule has 0 aromatic carbocycles. The fourth-order valence-corrected chi connectivity index (χ4v) is 2.58. The SMILES string of the molecule is CCCc1cc(C(=O)NC(C)C(CC)CC)cc(NN)n1. The molecule has 1 heterocycles. The molecule has 118 valence electrons. The summed E-state index contributed by atoms with van der Waals surface area (Å²) < 4.78 is 0. The zero-order valence-electron chi connectivity index (χ0n) is 13.6. The molecule has 0 saturated heterocycles. The lowest BCUT2D eigenvalue weighted by molar-refractivity contribution is 0.0925. The maximum absolute atomic E-state index is 12.4. The molecule has 0 aliphatic heterocycles. The van der Waals surface area contributed by atoms with Crippen LogP contribution in [0.15, 0.2) is 12.1 Å². The van der Waals surface area contributed by atoms with Crippen LogP contribution in [0.25, 0.3) is 0 Å². The number of rotatable bonds is 8. The average Bonchev–Trinajstić information content (AvgIpc) is 2.48. The maximum Gasteiger partial charge on any atom is 0.251 e. The van der Waals surface area contributed by atoms with Crippen molar-refractivity contribution in [2.75, 3.05) is 5.43 Å². The number of nitrogens with one attached hydrogen (secondary N) is 2. The first kappa shape index (κ1) is 17.4. The molecule has 1 aromatic rings. The van der Waals surface area contributed by atoms with E-state index in [1.165, 1.54) is 0 Å². The van der Waals surface area contributed by atoms with Gasteiger partial charge in [0.05, 0.1) is 0 Å². The summed E-state index contributed by atoms with van der Waals surface area (Å²) in [4.78, 5) is 16.8. The van der Waals surface area contributed by atoms with Crippen LogP contribution in [0.3, 0.4) is 0 Å². The highest BCUT2D eigenvalue weighted by Gasteiger charge is 2.17. The second-order valence-electron chi connectivity index (χ2n) is 5.47. The van der Waals surface area contributed by atoms with Gasteiger partial charge in [0.25, 0.3) is 5.91 Å². The van der Waals surface area contributed by atoms with Crippen LogP contribution in [0.1, 0.15) is 63.0 Å². The van der Waals surface area contributed by atoms with Crippen molar-refractivity contribution in [3.05, 3.63) is 23.4 Å². The molecule has 1 rings (SSSR count). The van der Waals surface area contributed by atoms with Crippen molar-refractivity contribution in [3.63, 3.8) is 0 Å². The van der Waals surface area contributed by atoms with Crippen LogP contribution in [0.4, 0.5) is 5.82 Å². The van der Waals surface area contributed by atoms with Crippen molar-refractivity contribution in [3.8, 4) is 0 Å². The van der Waals surface area contributed by atoms with E-state index < -0.39 is 0 Å². The number of hydrogen-bond acceptors (Lipinski definition) is 4. The minimum Gasteiger partial charge on any atom is -0.349 e. The van der Waals surface area contributed by atoms with Crippen LogP contribution in [0.2, 0.25) is 0 Å². The largest absolute Gasteiger partial charge is 0.349 e. The van der Waals surface area contributed by atoms with Crippen molar-refractivity contribution < 1.29 is 4.79 Å². The molecule has 4 N–H and O–H groups in total. The standard InChI is InChI=1S/C16H28N4O/c1-5-8-14-9-13(10-15(19-14)20-17)16(21)18-11(4)12(6-2)7-3/h9-12H,5-8,17H2,1-4H3,(H,18,21)(H,19,20). The van der Waals surface area contributed by atoms with Gasteiger partial charge in [-0.25, -0.2) is 10.8 Å². The second-order valence-corrected chi connectivity index (χ2v) is 5.47. The molecule has 1 aromatic heterocycles. The molecule has 1 atom stereocenters. The number of pyridine rings is 1. The molecule has 21 heavy (non-hydrogen) atoms. The van der Waals surface area contributed by atoms with Gasteiger partial charge in [0.15, 0.2) is 0 Å². The monoisotopic (exact) mass is 292 g/mol. The van der Waals surface area contributed by atoms with E-state index in [1.807, 2.05) is 6.07 Å². The van der Waals surface area contributed by atoms with E-state index in [0.717, 1.165) is 31.4 Å². The van der Waals surface area contributed by atoms with Crippen molar-refractivity contribution in [2.24, 2.45) is 11.8 Å². The van der Waals surface area contributed by atoms with Gasteiger partial charge in [0.1, 0.15) is 5.82 Å². The van der Waals surface area contributed by atoms with Crippen LogP contribution in [-0.4, -0.2) is 16.9 Å². The zero-order chi connectivity index (χ0) is 15.8. The van der Waals surface area contributed by atoms with Crippen LogP contribution in [-0.2, 0) is 6.42 Å². The number of carbonyl (C=O) groups is 1. The van der Waals surface area contributed by atoms with Crippen molar-refractivity contribution >= 4 is 11.7 Å². The number of amides is 1. The third-order valence-electron chi connectivity index (χ3n) is 3.91. The molecule has 0 aliphatic rings. The Bertz CT molecular complexity index is 458. The summed E-state index contributed by atoms with van der Waals surface area (Å²) in [6.45, 7) is 8.45. The number of anilines is 1. The number of hydrogen-bond donors (Lipinski definition) is 3. The third kappa shape index (κ3) is 5.01. The molecular formula is C16H28N4O. The predicted octanol–water partition coefficient (Wildman–Crippen LogP) is 2.87. The van der Waals surface area contributed by atoms with E-state index in [1.54, 1.807) is 6.07 Å². The van der Waals surface area contributed by atoms with Crippen LogP contribution < -0.4 is 16.6 Å². The first-order chi connectivity index (χ1) is 10.0. The lowest BCUT2D eigenvalue weighted by Gasteiger charge is -2.22. The highest BCUT2D eigenvalue weighted by atomic mass is 16.1. The summed E-state index contributed by atoms with van der Waals surface area (Å²) in [5, 5.41) is 3.08. The van der Waals surface area contributed by atoms with Gasteiger partial charge in [-0.2, -0.15) is 0 Å². The number of hydrazine groups is 1. The van der Waals surface area contributed by atoms with E-state index in [4.69, 9.17) is 5.84 Å². The second kappa shape index (κ2) is 8.62. The lowest BCUT2D eigenvalue weighted by atomic mass is 9.95. The van der Waals surface area contributed by atoms with E-state index >= 15 is 0 Å². The lowest BCUT2D eigenvalue weighted by Crippen LogP contribution is -2.37. The van der Waals surface area contributed by atoms with Gasteiger partial charge in [-0.05, 0) is 31.4 Å². The number of aryl methyl sites for hydroxylation is 1. The fourth-order valence-electron chi connectivity index (χ4n) is 2.58. The number of aromatic nitrogens is 1. The fraction of sp³-hybridized carbons (Fsp3) is 0.625. The summed E-state index contributed by atoms with van der Waals surface area (Å²) in [7, 11) is 0. The minimum absolute atomic E-state index is 0.0642. The Labute approximate surface area is 127 Å². The van der Waals surface area contributed by atoms with Crippen molar-refractivity contribution in [1.82, 2.24) is 10.3 Å². The molecule has 0 spiro atoms. The number of nitrogens with two attached hydrogens (primary N) is 1. The molecule has 0 aliphatic carbocycles. The summed E-state index contributed by atoms with van der Waals surface area (Å²) in [5.41, 5.74) is 4.02. The average molecular weight is 292 g/mol. The molecule has 5 heteroatoms. The van der Waals surface area contributed by atoms with Gasteiger partial charge in [-0.1, -0.05) is 40.0 Å². The third-order valence-corrected chi connectivity index (χ3v) is 3.91. The first-order valence-electron chi connectivity index (χ1n) is 7.84. The van der Waals surface area contributed by atoms with Gasteiger partial charge >= 0.3 is 0 Å². The summed E-state index contributed by atoms with van der Waals surface area (Å²) in [6.07, 6.45) is 3.93.